The second-order valence-corrected chi connectivity index (χ2v) is 6.06. The van der Waals surface area contributed by atoms with Gasteiger partial charge in [0.05, 0.1) is 0 Å². The van der Waals surface area contributed by atoms with Gasteiger partial charge in [-0.15, -0.1) is 0 Å². The normalized spacial score (nSPS) is 11.0. The third-order valence-electron chi connectivity index (χ3n) is 4.20. The molecule has 3 rings (SSSR count). The van der Waals surface area contributed by atoms with Gasteiger partial charge in [-0.2, -0.15) is 5.10 Å². The van der Waals surface area contributed by atoms with Crippen molar-refractivity contribution in [1.29, 1.82) is 0 Å². The van der Waals surface area contributed by atoms with E-state index < -0.39 is 0 Å². The number of hydrogen-bond acceptors (Lipinski definition) is 2. The minimum Gasteiger partial charge on any atom is -0.320 e. The van der Waals surface area contributed by atoms with Crippen LogP contribution >= 0.6 is 0 Å². The van der Waals surface area contributed by atoms with E-state index in [0.29, 0.717) is 5.69 Å². The van der Waals surface area contributed by atoms with Crippen LogP contribution in [0.25, 0.3) is 12.2 Å². The van der Waals surface area contributed by atoms with Crippen LogP contribution in [-0.4, -0.2) is 15.7 Å². The summed E-state index contributed by atoms with van der Waals surface area (Å²) in [6, 6.07) is 16.0. The number of nitrogens with zero attached hydrogens (tertiary/aromatic N) is 2. The van der Waals surface area contributed by atoms with Crippen LogP contribution in [0.5, 0.6) is 0 Å². The van der Waals surface area contributed by atoms with E-state index in [2.05, 4.69) is 47.7 Å². The van der Waals surface area contributed by atoms with Crippen molar-refractivity contribution in [2.24, 2.45) is 7.05 Å². The zero-order valence-corrected chi connectivity index (χ0v) is 14.7. The van der Waals surface area contributed by atoms with Crippen molar-refractivity contribution in [1.82, 2.24) is 9.78 Å². The molecule has 4 heteroatoms. The van der Waals surface area contributed by atoms with E-state index in [0.717, 1.165) is 16.8 Å². The average Bonchev–Trinajstić information content (AvgIpc) is 3.02. The Hall–Kier alpha value is -3.14. The second kappa shape index (κ2) is 7.18. The molecule has 1 N–H and O–H groups in total. The number of carbonyl (C=O) groups is 1. The van der Waals surface area contributed by atoms with Gasteiger partial charge in [0, 0.05) is 18.9 Å². The van der Waals surface area contributed by atoms with Crippen molar-refractivity contribution in [3.8, 4) is 0 Å². The summed E-state index contributed by atoms with van der Waals surface area (Å²) < 4.78 is 1.56. The Morgan fingerprint density at radius 1 is 1.04 bits per heavy atom. The molecule has 0 aliphatic carbocycles. The molecule has 0 fully saturated rings. The van der Waals surface area contributed by atoms with Crippen LogP contribution in [-0.2, 0) is 7.05 Å². The predicted molar refractivity (Wildman–Crippen MR) is 102 cm³/mol. The molecule has 25 heavy (non-hydrogen) atoms. The molecule has 0 aliphatic heterocycles. The van der Waals surface area contributed by atoms with Crippen LogP contribution in [0.4, 0.5) is 5.69 Å². The van der Waals surface area contributed by atoms with Gasteiger partial charge < -0.3 is 5.32 Å². The van der Waals surface area contributed by atoms with E-state index in [-0.39, 0.29) is 5.91 Å². The summed E-state index contributed by atoms with van der Waals surface area (Å²) >= 11 is 0. The number of hydrogen-bond donors (Lipinski definition) is 1. The Labute approximate surface area is 147 Å². The summed E-state index contributed by atoms with van der Waals surface area (Å²) in [5.41, 5.74) is 5.90. The number of benzene rings is 2. The summed E-state index contributed by atoms with van der Waals surface area (Å²) in [7, 11) is 1.75. The summed E-state index contributed by atoms with van der Waals surface area (Å²) in [5, 5.41) is 6.96. The maximum atomic E-state index is 12.3. The molecule has 0 spiro atoms. The fourth-order valence-electron chi connectivity index (χ4n) is 2.67. The lowest BCUT2D eigenvalue weighted by Gasteiger charge is -2.09. The van der Waals surface area contributed by atoms with Crippen molar-refractivity contribution >= 4 is 23.7 Å². The number of aromatic nitrogens is 2. The Balaban J connectivity index is 1.76. The van der Waals surface area contributed by atoms with E-state index in [1.54, 1.807) is 24.0 Å². The molecule has 0 saturated heterocycles. The third kappa shape index (κ3) is 3.86. The average molecular weight is 331 g/mol. The lowest BCUT2D eigenvalue weighted by molar-refractivity contribution is 0.101. The first-order chi connectivity index (χ1) is 12.0. The van der Waals surface area contributed by atoms with Gasteiger partial charge in [0.25, 0.3) is 5.91 Å². The number of nitrogens with one attached hydrogen (secondary N) is 1. The van der Waals surface area contributed by atoms with Crippen molar-refractivity contribution in [2.75, 3.05) is 5.32 Å². The van der Waals surface area contributed by atoms with Gasteiger partial charge in [0.15, 0.2) is 0 Å². The Morgan fingerprint density at radius 2 is 1.84 bits per heavy atom. The molecule has 0 unspecified atom stereocenters. The molecular formula is C21H21N3O. The van der Waals surface area contributed by atoms with E-state index in [1.165, 1.54) is 11.1 Å². The molecule has 0 atom stereocenters. The van der Waals surface area contributed by atoms with Gasteiger partial charge in [-0.25, -0.2) is 0 Å². The number of amides is 1. The van der Waals surface area contributed by atoms with Gasteiger partial charge in [-0.1, -0.05) is 42.5 Å². The van der Waals surface area contributed by atoms with Crippen LogP contribution < -0.4 is 5.32 Å². The Bertz CT molecular complexity index is 938. The first kappa shape index (κ1) is 16.7. The van der Waals surface area contributed by atoms with E-state index in [4.69, 9.17) is 0 Å². The minimum atomic E-state index is -0.161. The van der Waals surface area contributed by atoms with Crippen LogP contribution in [0.2, 0.25) is 0 Å². The smallest absolute Gasteiger partial charge is 0.273 e. The van der Waals surface area contributed by atoms with Crippen molar-refractivity contribution in [3.05, 3.63) is 82.7 Å². The highest BCUT2D eigenvalue weighted by Gasteiger charge is 2.11. The summed E-state index contributed by atoms with van der Waals surface area (Å²) in [5.74, 6) is -0.161. The molecule has 1 aromatic heterocycles. The largest absolute Gasteiger partial charge is 0.320 e. The maximum absolute atomic E-state index is 12.3. The molecule has 3 aromatic rings. The zero-order valence-electron chi connectivity index (χ0n) is 14.7. The molecule has 0 saturated carbocycles. The molecule has 1 heterocycles. The van der Waals surface area contributed by atoms with Crippen molar-refractivity contribution < 1.29 is 4.79 Å². The SMILES string of the molecule is Cc1ccccc1C=Cc1ccc(NC(=O)c2ccnn2C)c(C)c1. The van der Waals surface area contributed by atoms with E-state index >= 15 is 0 Å². The fourth-order valence-corrected chi connectivity index (χ4v) is 2.67. The van der Waals surface area contributed by atoms with Crippen LogP contribution in [0.15, 0.2) is 54.7 Å². The van der Waals surface area contributed by atoms with E-state index in [9.17, 15) is 4.79 Å². The molecule has 126 valence electrons. The summed E-state index contributed by atoms with van der Waals surface area (Å²) in [6.07, 6.45) is 5.81. The Kier molecular flexibility index (Phi) is 4.80. The highest BCUT2D eigenvalue weighted by atomic mass is 16.2. The van der Waals surface area contributed by atoms with Crippen LogP contribution in [0, 0.1) is 13.8 Å². The molecule has 1 amide bonds. The highest BCUT2D eigenvalue weighted by molar-refractivity contribution is 6.03. The molecule has 0 radical (unpaired) electrons. The van der Waals surface area contributed by atoms with E-state index in [1.807, 2.05) is 31.2 Å². The number of aryl methyl sites for hydroxylation is 3. The molecule has 0 bridgehead atoms. The fraction of sp³-hybridized carbons (Fsp3) is 0.143. The number of carbonyl (C=O) groups excluding carboxylic acids is 1. The molecule has 2 aromatic carbocycles. The quantitative estimate of drug-likeness (QED) is 0.718. The van der Waals surface area contributed by atoms with Crippen molar-refractivity contribution in [3.63, 3.8) is 0 Å². The molecule has 4 nitrogen and oxygen atoms in total. The standard InChI is InChI=1S/C21H21N3O/c1-15-6-4-5-7-18(15)10-8-17-9-11-19(16(2)14-17)23-21(25)20-12-13-22-24(20)3/h4-14H,1-3H3,(H,23,25). The van der Waals surface area contributed by atoms with Gasteiger partial charge in [-0.05, 0) is 54.3 Å². The van der Waals surface area contributed by atoms with Gasteiger partial charge in [0.2, 0.25) is 0 Å². The lowest BCUT2D eigenvalue weighted by Crippen LogP contribution is -2.16. The number of anilines is 1. The second-order valence-electron chi connectivity index (χ2n) is 6.06. The third-order valence-corrected chi connectivity index (χ3v) is 4.20. The monoisotopic (exact) mass is 331 g/mol. The van der Waals surface area contributed by atoms with Gasteiger partial charge in [-0.3, -0.25) is 9.48 Å². The Morgan fingerprint density at radius 3 is 2.52 bits per heavy atom. The predicted octanol–water partition coefficient (Wildman–Crippen LogP) is 4.46. The van der Waals surface area contributed by atoms with Gasteiger partial charge >= 0.3 is 0 Å². The number of rotatable bonds is 4. The lowest BCUT2D eigenvalue weighted by atomic mass is 10.1. The first-order valence-corrected chi connectivity index (χ1v) is 8.18. The topological polar surface area (TPSA) is 46.9 Å². The zero-order chi connectivity index (χ0) is 17.8. The van der Waals surface area contributed by atoms with Crippen LogP contribution in [0.1, 0.15) is 32.7 Å². The highest BCUT2D eigenvalue weighted by Crippen LogP contribution is 2.19. The van der Waals surface area contributed by atoms with Crippen LogP contribution in [0.3, 0.4) is 0 Å². The maximum Gasteiger partial charge on any atom is 0.273 e. The van der Waals surface area contributed by atoms with Gasteiger partial charge in [0.1, 0.15) is 5.69 Å². The summed E-state index contributed by atoms with van der Waals surface area (Å²) in [6.45, 7) is 4.09. The molecule has 0 aliphatic rings. The van der Waals surface area contributed by atoms with Crippen molar-refractivity contribution in [2.45, 2.75) is 13.8 Å². The minimum absolute atomic E-state index is 0.161. The molecular weight excluding hydrogens is 310 g/mol. The first-order valence-electron chi connectivity index (χ1n) is 8.18. The summed E-state index contributed by atoms with van der Waals surface area (Å²) in [4.78, 5) is 12.3.